The number of nitrogen functional groups attached to an aromatic ring is 1. The Morgan fingerprint density at radius 1 is 1.21 bits per heavy atom. The predicted molar refractivity (Wildman–Crippen MR) is 81.6 cm³/mol. The normalized spacial score (nSPS) is 18.5. The molecule has 1 aliphatic carbocycles. The van der Waals surface area contributed by atoms with Gasteiger partial charge in [0.2, 0.25) is 0 Å². The van der Waals surface area contributed by atoms with Gasteiger partial charge in [0.05, 0.1) is 15.9 Å². The summed E-state index contributed by atoms with van der Waals surface area (Å²) < 4.78 is 11.8. The molecule has 0 atom stereocenters. The number of nitrogens with two attached hydrogens (primary N) is 1. The number of ether oxygens (including phenoxy) is 2. The van der Waals surface area contributed by atoms with Crippen molar-refractivity contribution in [1.82, 2.24) is 9.97 Å². The van der Waals surface area contributed by atoms with Gasteiger partial charge in [0.1, 0.15) is 11.4 Å². The topological polar surface area (TPSA) is 70.3 Å². The molecule has 1 aliphatic rings. The van der Waals surface area contributed by atoms with Gasteiger partial charge in [0.15, 0.2) is 5.82 Å². The Bertz CT molecular complexity index is 448. The standard InChI is InChI=1S/C13H20IN3O2/c1-18-8-9-10(14)11(15)17-12(16-9)13(19-2)6-4-3-5-7-13/h3-8H2,1-2H3,(H2,15,16,17). The SMILES string of the molecule is COCc1nc(C2(OC)CCCCC2)nc(N)c1I. The Morgan fingerprint density at radius 2 is 1.89 bits per heavy atom. The van der Waals surface area contributed by atoms with E-state index < -0.39 is 0 Å². The number of methoxy groups -OCH3 is 2. The van der Waals surface area contributed by atoms with Gasteiger partial charge < -0.3 is 15.2 Å². The fraction of sp³-hybridized carbons (Fsp3) is 0.692. The fourth-order valence-corrected chi connectivity index (χ4v) is 2.99. The molecule has 2 rings (SSSR count). The summed E-state index contributed by atoms with van der Waals surface area (Å²) in [5, 5.41) is 0. The summed E-state index contributed by atoms with van der Waals surface area (Å²) in [5.41, 5.74) is 6.47. The van der Waals surface area contributed by atoms with Crippen LogP contribution in [0.3, 0.4) is 0 Å². The first kappa shape index (κ1) is 14.9. The van der Waals surface area contributed by atoms with Gasteiger partial charge in [-0.3, -0.25) is 0 Å². The Morgan fingerprint density at radius 3 is 2.47 bits per heavy atom. The third kappa shape index (κ3) is 3.00. The third-order valence-corrected chi connectivity index (χ3v) is 4.86. The molecule has 0 aromatic carbocycles. The summed E-state index contributed by atoms with van der Waals surface area (Å²) in [5.74, 6) is 1.22. The summed E-state index contributed by atoms with van der Waals surface area (Å²) in [6.07, 6.45) is 5.44. The molecule has 6 heteroatoms. The van der Waals surface area contributed by atoms with Crippen molar-refractivity contribution in [2.24, 2.45) is 0 Å². The molecule has 106 valence electrons. The first-order chi connectivity index (χ1) is 9.13. The molecule has 0 unspecified atom stereocenters. The highest BCUT2D eigenvalue weighted by Gasteiger charge is 2.37. The Balaban J connectivity index is 2.42. The zero-order valence-electron chi connectivity index (χ0n) is 11.4. The molecule has 1 heterocycles. The van der Waals surface area contributed by atoms with Crippen LogP contribution in [0.2, 0.25) is 0 Å². The zero-order valence-corrected chi connectivity index (χ0v) is 13.6. The minimum absolute atomic E-state index is 0.376. The lowest BCUT2D eigenvalue weighted by Gasteiger charge is -2.34. The molecule has 1 fully saturated rings. The number of hydrogen-bond donors (Lipinski definition) is 1. The van der Waals surface area contributed by atoms with Gasteiger partial charge in [0.25, 0.3) is 0 Å². The first-order valence-electron chi connectivity index (χ1n) is 6.49. The number of rotatable bonds is 4. The van der Waals surface area contributed by atoms with Gasteiger partial charge >= 0.3 is 0 Å². The number of halogens is 1. The highest BCUT2D eigenvalue weighted by atomic mass is 127. The quantitative estimate of drug-likeness (QED) is 0.817. The summed E-state index contributed by atoms with van der Waals surface area (Å²) >= 11 is 2.16. The highest BCUT2D eigenvalue weighted by molar-refractivity contribution is 14.1. The van der Waals surface area contributed by atoms with E-state index >= 15 is 0 Å². The van der Waals surface area contributed by atoms with Crippen molar-refractivity contribution in [1.29, 1.82) is 0 Å². The molecule has 0 spiro atoms. The number of aromatic nitrogens is 2. The Labute approximate surface area is 127 Å². The minimum Gasteiger partial charge on any atom is -0.383 e. The maximum absolute atomic E-state index is 6.00. The maximum atomic E-state index is 6.00. The van der Waals surface area contributed by atoms with E-state index in [9.17, 15) is 0 Å². The molecule has 0 saturated heterocycles. The second kappa shape index (κ2) is 6.32. The van der Waals surface area contributed by atoms with Crippen LogP contribution in [0.5, 0.6) is 0 Å². The van der Waals surface area contributed by atoms with E-state index in [-0.39, 0.29) is 5.60 Å². The average Bonchev–Trinajstić information content (AvgIpc) is 2.44. The summed E-state index contributed by atoms with van der Waals surface area (Å²) in [7, 11) is 3.39. The largest absolute Gasteiger partial charge is 0.383 e. The maximum Gasteiger partial charge on any atom is 0.163 e. The molecule has 0 radical (unpaired) electrons. The van der Waals surface area contributed by atoms with Crippen molar-refractivity contribution in [3.63, 3.8) is 0 Å². The minimum atomic E-state index is -0.376. The molecule has 1 saturated carbocycles. The lowest BCUT2D eigenvalue weighted by molar-refractivity contribution is -0.0517. The van der Waals surface area contributed by atoms with Gasteiger partial charge in [-0.2, -0.15) is 0 Å². The summed E-state index contributed by atoms with van der Waals surface area (Å²) in [6.45, 7) is 0.442. The Hall–Kier alpha value is -0.470. The van der Waals surface area contributed by atoms with E-state index in [0.29, 0.717) is 18.2 Å². The first-order valence-corrected chi connectivity index (χ1v) is 7.57. The molecule has 2 N–H and O–H groups in total. The molecule has 5 nitrogen and oxygen atoms in total. The average molecular weight is 377 g/mol. The zero-order chi connectivity index (χ0) is 13.9. The molecular formula is C13H20IN3O2. The van der Waals surface area contributed by atoms with Crippen molar-refractivity contribution >= 4 is 28.4 Å². The molecule has 1 aromatic rings. The van der Waals surface area contributed by atoms with Crippen molar-refractivity contribution in [3.8, 4) is 0 Å². The molecular weight excluding hydrogens is 357 g/mol. The lowest BCUT2D eigenvalue weighted by atomic mass is 9.84. The van der Waals surface area contributed by atoms with E-state index in [0.717, 1.165) is 34.9 Å². The van der Waals surface area contributed by atoms with E-state index in [4.69, 9.17) is 15.2 Å². The van der Waals surface area contributed by atoms with Gasteiger partial charge in [-0.05, 0) is 35.4 Å². The van der Waals surface area contributed by atoms with Crippen LogP contribution in [-0.4, -0.2) is 24.2 Å². The third-order valence-electron chi connectivity index (χ3n) is 3.69. The van der Waals surface area contributed by atoms with Crippen LogP contribution in [0, 0.1) is 3.57 Å². The van der Waals surface area contributed by atoms with Gasteiger partial charge in [0, 0.05) is 14.2 Å². The summed E-state index contributed by atoms with van der Waals surface area (Å²) in [6, 6.07) is 0. The Kier molecular flexibility index (Phi) is 4.97. The van der Waals surface area contributed by atoms with Crippen LogP contribution in [0.15, 0.2) is 0 Å². The van der Waals surface area contributed by atoms with Crippen LogP contribution in [-0.2, 0) is 21.7 Å². The van der Waals surface area contributed by atoms with Crippen molar-refractivity contribution < 1.29 is 9.47 Å². The van der Waals surface area contributed by atoms with Crippen molar-refractivity contribution in [3.05, 3.63) is 15.1 Å². The lowest BCUT2D eigenvalue weighted by Crippen LogP contribution is -2.34. The van der Waals surface area contributed by atoms with E-state index in [1.54, 1.807) is 14.2 Å². The monoisotopic (exact) mass is 377 g/mol. The van der Waals surface area contributed by atoms with Crippen molar-refractivity contribution in [2.45, 2.75) is 44.3 Å². The van der Waals surface area contributed by atoms with Gasteiger partial charge in [-0.1, -0.05) is 19.3 Å². The number of hydrogen-bond acceptors (Lipinski definition) is 5. The molecule has 0 bridgehead atoms. The molecule has 19 heavy (non-hydrogen) atoms. The second-order valence-corrected chi connectivity index (χ2v) is 5.96. The van der Waals surface area contributed by atoms with Gasteiger partial charge in [-0.15, -0.1) is 0 Å². The highest BCUT2D eigenvalue weighted by Crippen LogP contribution is 2.39. The van der Waals surface area contributed by atoms with Crippen molar-refractivity contribution in [2.75, 3.05) is 20.0 Å². The van der Waals surface area contributed by atoms with Crippen LogP contribution in [0.1, 0.15) is 43.6 Å². The smallest absolute Gasteiger partial charge is 0.163 e. The van der Waals surface area contributed by atoms with Crippen LogP contribution in [0.25, 0.3) is 0 Å². The van der Waals surface area contributed by atoms with Gasteiger partial charge in [-0.25, -0.2) is 9.97 Å². The molecule has 1 aromatic heterocycles. The number of nitrogens with zero attached hydrogens (tertiary/aromatic N) is 2. The molecule has 0 aliphatic heterocycles. The van der Waals surface area contributed by atoms with E-state index in [1.807, 2.05) is 0 Å². The molecule has 0 amide bonds. The number of anilines is 1. The fourth-order valence-electron chi connectivity index (χ4n) is 2.59. The summed E-state index contributed by atoms with van der Waals surface area (Å²) in [4.78, 5) is 9.10. The van der Waals surface area contributed by atoms with E-state index in [2.05, 4.69) is 32.6 Å². The van der Waals surface area contributed by atoms with E-state index in [1.165, 1.54) is 6.42 Å². The predicted octanol–water partition coefficient (Wildman–Crippen LogP) is 2.62. The van der Waals surface area contributed by atoms with Crippen LogP contribution >= 0.6 is 22.6 Å². The van der Waals surface area contributed by atoms with Crippen LogP contribution in [0.4, 0.5) is 5.82 Å². The van der Waals surface area contributed by atoms with Crippen LogP contribution < -0.4 is 5.73 Å². The second-order valence-electron chi connectivity index (χ2n) is 4.89.